The van der Waals surface area contributed by atoms with Gasteiger partial charge in [0.15, 0.2) is 0 Å². The Morgan fingerprint density at radius 2 is 0.941 bits per heavy atom. The minimum Gasteiger partial charge on any atom is -0.491 e. The number of ether oxygens (including phenoxy) is 2. The summed E-state index contributed by atoms with van der Waals surface area (Å²) in [5, 5.41) is 26.7. The molecule has 2 atom stereocenters. The van der Waals surface area contributed by atoms with Crippen LogP contribution >= 0.6 is 0 Å². The van der Waals surface area contributed by atoms with Gasteiger partial charge in [-0.25, -0.2) is 0 Å². The van der Waals surface area contributed by atoms with Gasteiger partial charge in [-0.1, -0.05) is 60.7 Å². The molecule has 6 nitrogen and oxygen atoms in total. The van der Waals surface area contributed by atoms with E-state index in [1.807, 2.05) is 36.4 Å². The Morgan fingerprint density at radius 3 is 1.32 bits per heavy atom. The fraction of sp³-hybridized carbons (Fsp3) is 0.357. The largest absolute Gasteiger partial charge is 0.491 e. The van der Waals surface area contributed by atoms with E-state index >= 15 is 0 Å². The van der Waals surface area contributed by atoms with Crippen molar-refractivity contribution >= 4 is 0 Å². The zero-order valence-corrected chi connectivity index (χ0v) is 19.6. The van der Waals surface area contributed by atoms with E-state index in [2.05, 4.69) is 34.9 Å². The lowest BCUT2D eigenvalue weighted by atomic mass is 10.1. The Bertz CT molecular complexity index is 830. The van der Waals surface area contributed by atoms with Crippen molar-refractivity contribution in [1.29, 1.82) is 0 Å². The van der Waals surface area contributed by atoms with E-state index in [-0.39, 0.29) is 13.2 Å². The molecule has 0 heterocycles. The third kappa shape index (κ3) is 10.4. The van der Waals surface area contributed by atoms with Crippen LogP contribution in [0.25, 0.3) is 0 Å². The van der Waals surface area contributed by atoms with Gasteiger partial charge >= 0.3 is 0 Å². The van der Waals surface area contributed by atoms with Crippen molar-refractivity contribution in [3.05, 3.63) is 96.1 Å². The molecule has 0 aromatic heterocycles. The highest BCUT2D eigenvalue weighted by Gasteiger charge is 2.07. The van der Waals surface area contributed by atoms with Crippen molar-refractivity contribution in [3.8, 4) is 11.5 Å². The Balaban J connectivity index is 1.23. The van der Waals surface area contributed by atoms with E-state index in [4.69, 9.17) is 9.47 Å². The van der Waals surface area contributed by atoms with E-state index in [1.165, 1.54) is 11.1 Å². The molecule has 0 saturated heterocycles. The SMILES string of the molecule is O[C@@H](CNCCc1ccccc1)COc1ccc(OC[C@@H](O)CNCCc2ccccc2)cc1. The number of aliphatic hydroxyl groups excluding tert-OH is 2. The summed E-state index contributed by atoms with van der Waals surface area (Å²) in [7, 11) is 0. The molecule has 3 aromatic carbocycles. The lowest BCUT2D eigenvalue weighted by molar-refractivity contribution is 0.104. The Hall–Kier alpha value is -2.90. The van der Waals surface area contributed by atoms with Crippen molar-refractivity contribution in [3.63, 3.8) is 0 Å². The van der Waals surface area contributed by atoms with Crippen molar-refractivity contribution in [1.82, 2.24) is 10.6 Å². The second-order valence-electron chi connectivity index (χ2n) is 8.28. The Labute approximate surface area is 202 Å². The molecule has 0 spiro atoms. The van der Waals surface area contributed by atoms with Crippen LogP contribution in [0.15, 0.2) is 84.9 Å². The van der Waals surface area contributed by atoms with Gasteiger partial charge in [-0.15, -0.1) is 0 Å². The highest BCUT2D eigenvalue weighted by Crippen LogP contribution is 2.18. The summed E-state index contributed by atoms with van der Waals surface area (Å²) in [6, 6.07) is 27.7. The van der Waals surface area contributed by atoms with Crippen LogP contribution in [0.4, 0.5) is 0 Å². The third-order valence-electron chi connectivity index (χ3n) is 5.33. The van der Waals surface area contributed by atoms with E-state index < -0.39 is 12.2 Å². The fourth-order valence-electron chi connectivity index (χ4n) is 3.43. The van der Waals surface area contributed by atoms with Crippen molar-refractivity contribution in [2.45, 2.75) is 25.0 Å². The lowest BCUT2D eigenvalue weighted by Crippen LogP contribution is -2.32. The highest BCUT2D eigenvalue weighted by atomic mass is 16.5. The molecule has 0 aliphatic heterocycles. The predicted octanol–water partition coefficient (Wildman–Crippen LogP) is 2.83. The monoisotopic (exact) mass is 464 g/mol. The highest BCUT2D eigenvalue weighted by molar-refractivity contribution is 5.31. The molecule has 0 bridgehead atoms. The van der Waals surface area contributed by atoms with Crippen molar-refractivity contribution < 1.29 is 19.7 Å². The number of benzene rings is 3. The number of hydrogen-bond acceptors (Lipinski definition) is 6. The molecule has 3 rings (SSSR count). The van der Waals surface area contributed by atoms with Gasteiger partial charge in [0.2, 0.25) is 0 Å². The number of nitrogens with one attached hydrogen (secondary N) is 2. The molecule has 0 fully saturated rings. The molecule has 4 N–H and O–H groups in total. The second-order valence-corrected chi connectivity index (χ2v) is 8.28. The van der Waals surface area contributed by atoms with Gasteiger partial charge in [0.05, 0.1) is 0 Å². The van der Waals surface area contributed by atoms with Crippen LogP contribution in [0.3, 0.4) is 0 Å². The smallest absolute Gasteiger partial charge is 0.119 e. The van der Waals surface area contributed by atoms with Gasteiger partial charge in [-0.05, 0) is 61.3 Å². The summed E-state index contributed by atoms with van der Waals surface area (Å²) in [6.07, 6.45) is 0.676. The standard InChI is InChI=1S/C28H36N2O4/c31-25(19-29-17-15-23-7-3-1-4-8-23)21-33-27-11-13-28(14-12-27)34-22-26(32)20-30-18-16-24-9-5-2-6-10-24/h1-14,25-26,29-32H,15-22H2/t25-,26-/m0/s1. The molecule has 0 radical (unpaired) electrons. The Kier molecular flexibility index (Phi) is 11.4. The first-order chi connectivity index (χ1) is 16.7. The maximum atomic E-state index is 10.1. The molecule has 34 heavy (non-hydrogen) atoms. The topological polar surface area (TPSA) is 83.0 Å². The quantitative estimate of drug-likeness (QED) is 0.244. The number of rotatable bonds is 16. The van der Waals surface area contributed by atoms with E-state index in [9.17, 15) is 10.2 Å². The molecule has 0 amide bonds. The minimum atomic E-state index is -0.587. The average Bonchev–Trinajstić information content (AvgIpc) is 2.88. The first-order valence-corrected chi connectivity index (χ1v) is 11.9. The minimum absolute atomic E-state index is 0.214. The average molecular weight is 465 g/mol. The summed E-state index contributed by atoms with van der Waals surface area (Å²) >= 11 is 0. The van der Waals surface area contributed by atoms with Gasteiger partial charge < -0.3 is 30.3 Å². The van der Waals surface area contributed by atoms with E-state index in [0.717, 1.165) is 25.9 Å². The summed E-state index contributed by atoms with van der Waals surface area (Å²) in [6.45, 7) is 3.00. The van der Waals surface area contributed by atoms with Gasteiger partial charge in [0.1, 0.15) is 36.9 Å². The molecular weight excluding hydrogens is 428 g/mol. The van der Waals surface area contributed by atoms with Crippen LogP contribution in [0, 0.1) is 0 Å². The van der Waals surface area contributed by atoms with Gasteiger partial charge in [0.25, 0.3) is 0 Å². The zero-order valence-electron chi connectivity index (χ0n) is 19.6. The fourth-order valence-corrected chi connectivity index (χ4v) is 3.43. The summed E-state index contributed by atoms with van der Waals surface area (Å²) in [5.74, 6) is 1.33. The maximum absolute atomic E-state index is 10.1. The predicted molar refractivity (Wildman–Crippen MR) is 135 cm³/mol. The van der Waals surface area contributed by atoms with E-state index in [0.29, 0.717) is 24.6 Å². The van der Waals surface area contributed by atoms with Crippen LogP contribution in [-0.2, 0) is 12.8 Å². The maximum Gasteiger partial charge on any atom is 0.119 e. The number of hydrogen-bond donors (Lipinski definition) is 4. The molecule has 182 valence electrons. The van der Waals surface area contributed by atoms with Crippen LogP contribution in [-0.4, -0.2) is 61.8 Å². The summed E-state index contributed by atoms with van der Waals surface area (Å²) in [4.78, 5) is 0. The molecule has 0 aliphatic rings. The normalized spacial score (nSPS) is 12.8. The van der Waals surface area contributed by atoms with E-state index in [1.54, 1.807) is 24.3 Å². The third-order valence-corrected chi connectivity index (χ3v) is 5.33. The Morgan fingerprint density at radius 1 is 0.559 bits per heavy atom. The summed E-state index contributed by atoms with van der Waals surface area (Å²) in [5.41, 5.74) is 2.55. The molecule has 0 saturated carbocycles. The van der Waals surface area contributed by atoms with Crippen LogP contribution in [0.1, 0.15) is 11.1 Å². The zero-order chi connectivity index (χ0) is 23.8. The van der Waals surface area contributed by atoms with Crippen LogP contribution in [0.5, 0.6) is 11.5 Å². The second kappa shape index (κ2) is 15.1. The molecule has 3 aromatic rings. The van der Waals surface area contributed by atoms with Crippen molar-refractivity contribution in [2.75, 3.05) is 39.4 Å². The first kappa shape index (κ1) is 25.7. The molecule has 0 aliphatic carbocycles. The first-order valence-electron chi connectivity index (χ1n) is 11.9. The van der Waals surface area contributed by atoms with Gasteiger partial charge in [0, 0.05) is 13.1 Å². The van der Waals surface area contributed by atoms with Crippen LogP contribution in [0.2, 0.25) is 0 Å². The molecule has 0 unspecified atom stereocenters. The molecule has 6 heteroatoms. The lowest BCUT2D eigenvalue weighted by Gasteiger charge is -2.15. The summed E-state index contributed by atoms with van der Waals surface area (Å²) < 4.78 is 11.3. The van der Waals surface area contributed by atoms with Crippen LogP contribution < -0.4 is 20.1 Å². The van der Waals surface area contributed by atoms with Gasteiger partial charge in [-0.3, -0.25) is 0 Å². The van der Waals surface area contributed by atoms with Gasteiger partial charge in [-0.2, -0.15) is 0 Å². The van der Waals surface area contributed by atoms with Crippen molar-refractivity contribution in [2.24, 2.45) is 0 Å². The molecular formula is C28H36N2O4. The number of aliphatic hydroxyl groups is 2.